The maximum absolute atomic E-state index is 12.9. The van der Waals surface area contributed by atoms with Crippen molar-refractivity contribution in [1.82, 2.24) is 0 Å². The molecule has 0 amide bonds. The standard InChI is InChI=1S/C28H36O6/c1-15(29)33-19-13-26(4)18(16-8-9-32-14-16)6-7-20(26)27(5)22(31)11-21-25(2,3)34-23-10-17(30)12-28(21,23)24(19)27/h7-9,14,18-19,21-24,31H,6,10-13H2,1-5H3. The number of carbonyl (C=O) groups is 2. The van der Waals surface area contributed by atoms with Gasteiger partial charge in [-0.2, -0.15) is 0 Å². The first kappa shape index (κ1) is 22.5. The molecule has 0 radical (unpaired) electrons. The lowest BCUT2D eigenvalue weighted by atomic mass is 9.39. The molecule has 3 saturated carbocycles. The highest BCUT2D eigenvalue weighted by molar-refractivity contribution is 5.83. The summed E-state index contributed by atoms with van der Waals surface area (Å²) in [5.41, 5.74) is 0.603. The van der Waals surface area contributed by atoms with Gasteiger partial charge in [0, 0.05) is 36.5 Å². The average Bonchev–Trinajstić information content (AvgIpc) is 3.45. The Morgan fingerprint density at radius 1 is 1.24 bits per heavy atom. The quantitative estimate of drug-likeness (QED) is 0.506. The van der Waals surface area contributed by atoms with Crippen LogP contribution in [0.5, 0.6) is 0 Å². The Labute approximate surface area is 201 Å². The zero-order valence-corrected chi connectivity index (χ0v) is 20.8. The molecule has 6 heteroatoms. The lowest BCUT2D eigenvalue weighted by Crippen LogP contribution is -2.67. The predicted octanol–water partition coefficient (Wildman–Crippen LogP) is 4.57. The van der Waals surface area contributed by atoms with E-state index in [1.807, 2.05) is 12.3 Å². The van der Waals surface area contributed by atoms with Crippen LogP contribution in [0.25, 0.3) is 0 Å². The van der Waals surface area contributed by atoms with Crippen LogP contribution in [0.4, 0.5) is 0 Å². The van der Waals surface area contributed by atoms with Crippen molar-refractivity contribution in [3.8, 4) is 0 Å². The molecule has 4 aliphatic carbocycles. The van der Waals surface area contributed by atoms with Gasteiger partial charge >= 0.3 is 5.97 Å². The van der Waals surface area contributed by atoms with Crippen LogP contribution in [0.2, 0.25) is 0 Å². The van der Waals surface area contributed by atoms with Crippen LogP contribution in [0.3, 0.4) is 0 Å². The van der Waals surface area contributed by atoms with E-state index in [1.54, 1.807) is 6.26 Å². The molecule has 9 atom stereocenters. The van der Waals surface area contributed by atoms with Crippen molar-refractivity contribution in [1.29, 1.82) is 0 Å². The number of Topliss-reactive ketones (excluding diaryl/α,β-unsaturated/α-hetero) is 1. The van der Waals surface area contributed by atoms with Crippen molar-refractivity contribution in [2.45, 2.75) is 96.6 Å². The summed E-state index contributed by atoms with van der Waals surface area (Å²) in [6.07, 6.45) is 7.57. The van der Waals surface area contributed by atoms with Gasteiger partial charge in [-0.05, 0) is 62.0 Å². The second-order valence-electron chi connectivity index (χ2n) is 12.5. The first-order valence-electron chi connectivity index (χ1n) is 12.7. The molecule has 1 N–H and O–H groups in total. The minimum atomic E-state index is -0.616. The van der Waals surface area contributed by atoms with Crippen LogP contribution in [0, 0.1) is 28.1 Å². The Hall–Kier alpha value is -1.92. The number of rotatable bonds is 2. The van der Waals surface area contributed by atoms with Crippen LogP contribution in [-0.4, -0.2) is 40.8 Å². The summed E-state index contributed by atoms with van der Waals surface area (Å²) in [6, 6.07) is 2.02. The SMILES string of the molecule is CC(=O)OC1CC2(C)C(=CCC2c2ccoc2)C2(C)C(O)CC3C(C)(C)OC4CC(=O)CC43C12. The number of furan rings is 1. The zero-order chi connectivity index (χ0) is 24.3. The molecule has 9 unspecified atom stereocenters. The number of aliphatic hydroxyl groups excluding tert-OH is 1. The monoisotopic (exact) mass is 468 g/mol. The normalized spacial score (nSPS) is 48.5. The number of hydrogen-bond donors (Lipinski definition) is 1. The summed E-state index contributed by atoms with van der Waals surface area (Å²) in [7, 11) is 0. The number of ketones is 1. The maximum Gasteiger partial charge on any atom is 0.302 e. The minimum Gasteiger partial charge on any atom is -0.472 e. The van der Waals surface area contributed by atoms with Gasteiger partial charge in [0.05, 0.1) is 30.3 Å². The minimum absolute atomic E-state index is 0.0265. The van der Waals surface area contributed by atoms with E-state index in [1.165, 1.54) is 12.5 Å². The van der Waals surface area contributed by atoms with Gasteiger partial charge in [0.25, 0.3) is 0 Å². The molecular formula is C28H36O6. The van der Waals surface area contributed by atoms with Crippen LogP contribution in [0.15, 0.2) is 34.7 Å². The predicted molar refractivity (Wildman–Crippen MR) is 124 cm³/mol. The molecule has 2 heterocycles. The second kappa shape index (κ2) is 6.85. The van der Waals surface area contributed by atoms with Crippen molar-refractivity contribution in [2.75, 3.05) is 0 Å². The van der Waals surface area contributed by atoms with Crippen LogP contribution >= 0.6 is 0 Å². The fourth-order valence-electron chi connectivity index (χ4n) is 9.70. The Balaban J connectivity index is 1.55. The molecular weight excluding hydrogens is 432 g/mol. The van der Waals surface area contributed by atoms with Crippen molar-refractivity contribution in [3.63, 3.8) is 0 Å². The smallest absolute Gasteiger partial charge is 0.302 e. The van der Waals surface area contributed by atoms with Crippen LogP contribution < -0.4 is 0 Å². The van der Waals surface area contributed by atoms with Gasteiger partial charge < -0.3 is 19.0 Å². The number of aliphatic hydroxyl groups is 1. The highest BCUT2D eigenvalue weighted by Crippen LogP contribution is 2.76. The maximum atomic E-state index is 12.9. The number of ether oxygens (including phenoxy) is 2. The number of esters is 1. The third-order valence-electron chi connectivity index (χ3n) is 10.6. The summed E-state index contributed by atoms with van der Waals surface area (Å²) >= 11 is 0. The van der Waals surface area contributed by atoms with Gasteiger partial charge in [-0.25, -0.2) is 0 Å². The molecule has 184 valence electrons. The summed E-state index contributed by atoms with van der Waals surface area (Å²) in [6.45, 7) is 10.1. The van der Waals surface area contributed by atoms with E-state index in [0.717, 1.165) is 12.0 Å². The topological polar surface area (TPSA) is 86.0 Å². The van der Waals surface area contributed by atoms with Crippen molar-refractivity contribution < 1.29 is 28.6 Å². The van der Waals surface area contributed by atoms with E-state index in [9.17, 15) is 14.7 Å². The zero-order valence-electron chi connectivity index (χ0n) is 20.8. The Morgan fingerprint density at radius 2 is 2.00 bits per heavy atom. The summed E-state index contributed by atoms with van der Waals surface area (Å²) in [4.78, 5) is 25.4. The van der Waals surface area contributed by atoms with Crippen LogP contribution in [0.1, 0.15) is 78.2 Å². The van der Waals surface area contributed by atoms with E-state index in [-0.39, 0.29) is 41.0 Å². The highest BCUT2D eigenvalue weighted by Gasteiger charge is 2.77. The second-order valence-corrected chi connectivity index (χ2v) is 12.5. The molecule has 6 rings (SSSR count). The van der Waals surface area contributed by atoms with E-state index in [4.69, 9.17) is 13.9 Å². The number of fused-ring (bicyclic) bond motifs is 3. The fourth-order valence-corrected chi connectivity index (χ4v) is 9.70. The Bertz CT molecular complexity index is 1070. The molecule has 1 spiro atoms. The Kier molecular flexibility index (Phi) is 4.54. The Morgan fingerprint density at radius 3 is 2.68 bits per heavy atom. The summed E-state index contributed by atoms with van der Waals surface area (Å²) in [5.74, 6) is -0.0576. The van der Waals surface area contributed by atoms with E-state index in [2.05, 4.69) is 33.8 Å². The van der Waals surface area contributed by atoms with E-state index < -0.39 is 28.6 Å². The van der Waals surface area contributed by atoms with Gasteiger partial charge in [-0.3, -0.25) is 9.59 Å². The molecule has 0 aromatic carbocycles. The van der Waals surface area contributed by atoms with Gasteiger partial charge in [0.2, 0.25) is 0 Å². The molecule has 1 aromatic rings. The van der Waals surface area contributed by atoms with Gasteiger partial charge in [-0.15, -0.1) is 0 Å². The van der Waals surface area contributed by atoms with Gasteiger partial charge in [-0.1, -0.05) is 25.5 Å². The lowest BCUT2D eigenvalue weighted by Gasteiger charge is -2.65. The first-order chi connectivity index (χ1) is 15.9. The number of hydrogen-bond acceptors (Lipinski definition) is 6. The highest BCUT2D eigenvalue weighted by atomic mass is 16.5. The fraction of sp³-hybridized carbons (Fsp3) is 0.714. The molecule has 0 bridgehead atoms. The largest absolute Gasteiger partial charge is 0.472 e. The molecule has 34 heavy (non-hydrogen) atoms. The number of carbonyl (C=O) groups excluding carboxylic acids is 2. The molecule has 6 nitrogen and oxygen atoms in total. The third-order valence-corrected chi connectivity index (χ3v) is 10.6. The van der Waals surface area contributed by atoms with E-state index in [0.29, 0.717) is 25.7 Å². The van der Waals surface area contributed by atoms with Crippen molar-refractivity contribution in [3.05, 3.63) is 35.8 Å². The molecule has 4 fully saturated rings. The van der Waals surface area contributed by atoms with Crippen molar-refractivity contribution in [2.24, 2.45) is 28.1 Å². The third kappa shape index (κ3) is 2.59. The van der Waals surface area contributed by atoms with Crippen LogP contribution in [-0.2, 0) is 19.1 Å². The first-order valence-corrected chi connectivity index (χ1v) is 12.7. The summed E-state index contributed by atoms with van der Waals surface area (Å²) in [5, 5.41) is 11.9. The van der Waals surface area contributed by atoms with Gasteiger partial charge in [0.15, 0.2) is 0 Å². The van der Waals surface area contributed by atoms with Gasteiger partial charge in [0.1, 0.15) is 11.9 Å². The van der Waals surface area contributed by atoms with Crippen molar-refractivity contribution >= 4 is 11.8 Å². The molecule has 1 saturated heterocycles. The molecule has 1 aliphatic heterocycles. The average molecular weight is 469 g/mol. The molecule has 5 aliphatic rings. The molecule has 1 aromatic heterocycles. The lowest BCUT2D eigenvalue weighted by molar-refractivity contribution is -0.205. The number of allylic oxidation sites excluding steroid dienone is 1. The summed E-state index contributed by atoms with van der Waals surface area (Å²) < 4.78 is 18.2. The van der Waals surface area contributed by atoms with E-state index >= 15 is 0 Å².